The van der Waals surface area contributed by atoms with Gasteiger partial charge in [-0.05, 0) is 51.2 Å². The first-order valence-corrected chi connectivity index (χ1v) is 6.81. The van der Waals surface area contributed by atoms with Gasteiger partial charge in [0.1, 0.15) is 0 Å². The van der Waals surface area contributed by atoms with Gasteiger partial charge in [0.05, 0.1) is 6.54 Å². The molecule has 0 N–H and O–H groups in total. The molecule has 5 heteroatoms. The van der Waals surface area contributed by atoms with Crippen LogP contribution in [0.15, 0.2) is 18.2 Å². The molecule has 0 bridgehead atoms. The average molecular weight is 282 g/mol. The summed E-state index contributed by atoms with van der Waals surface area (Å²) >= 11 is 0. The summed E-state index contributed by atoms with van der Waals surface area (Å²) in [5, 5.41) is 0. The highest BCUT2D eigenvalue weighted by atomic mass is 19.2. The minimum absolute atomic E-state index is 0.183. The van der Waals surface area contributed by atoms with Crippen LogP contribution in [-0.2, 0) is 0 Å². The van der Waals surface area contributed by atoms with Gasteiger partial charge in [0.15, 0.2) is 17.4 Å². The van der Waals surface area contributed by atoms with Gasteiger partial charge >= 0.3 is 0 Å². The minimum Gasteiger partial charge on any atom is -0.306 e. The van der Waals surface area contributed by atoms with E-state index >= 15 is 0 Å². The topological polar surface area (TPSA) is 23.6 Å². The molecule has 0 radical (unpaired) electrons. The monoisotopic (exact) mass is 282 g/mol. The molecule has 1 heterocycles. The second-order valence-corrected chi connectivity index (χ2v) is 5.67. The molecule has 1 atom stereocenters. The molecule has 0 saturated carbocycles. The predicted octanol–water partition coefficient (Wildman–Crippen LogP) is 2.03. The minimum atomic E-state index is -0.976. The Hall–Kier alpha value is -1.33. The Morgan fingerprint density at radius 1 is 1.40 bits per heavy atom. The Morgan fingerprint density at radius 2 is 2.15 bits per heavy atom. The van der Waals surface area contributed by atoms with E-state index in [2.05, 4.69) is 11.9 Å². The van der Waals surface area contributed by atoms with Gasteiger partial charge in [-0.15, -0.1) is 0 Å². The highest BCUT2D eigenvalue weighted by molar-refractivity contribution is 5.97. The van der Waals surface area contributed by atoms with E-state index in [0.29, 0.717) is 5.92 Å². The SMILES string of the molecule is CN1CCC(CN(C)CC(=O)c2ccc(F)c(F)c2)C1. The second kappa shape index (κ2) is 6.41. The van der Waals surface area contributed by atoms with Crippen molar-refractivity contribution in [2.24, 2.45) is 5.92 Å². The van der Waals surface area contributed by atoms with E-state index in [9.17, 15) is 13.6 Å². The Kier molecular flexibility index (Phi) is 4.83. The number of Topliss-reactive ketones (excluding diaryl/α,β-unsaturated/α-hetero) is 1. The van der Waals surface area contributed by atoms with E-state index in [1.165, 1.54) is 6.07 Å². The lowest BCUT2D eigenvalue weighted by atomic mass is 10.1. The lowest BCUT2D eigenvalue weighted by Crippen LogP contribution is -2.32. The van der Waals surface area contributed by atoms with Crippen molar-refractivity contribution >= 4 is 5.78 Å². The van der Waals surface area contributed by atoms with Gasteiger partial charge in [-0.2, -0.15) is 0 Å². The first kappa shape index (κ1) is 15.1. The smallest absolute Gasteiger partial charge is 0.176 e. The summed E-state index contributed by atoms with van der Waals surface area (Å²) in [6, 6.07) is 3.29. The van der Waals surface area contributed by atoms with Crippen LogP contribution in [0.3, 0.4) is 0 Å². The van der Waals surface area contributed by atoms with Crippen LogP contribution < -0.4 is 0 Å². The lowest BCUT2D eigenvalue weighted by molar-refractivity contribution is 0.0938. The molecule has 1 unspecified atom stereocenters. The standard InChI is InChI=1S/C15H20F2N2O/c1-18-6-5-11(8-18)9-19(2)10-15(20)12-3-4-13(16)14(17)7-12/h3-4,7,11H,5-6,8-10H2,1-2H3. The zero-order chi connectivity index (χ0) is 14.7. The number of carbonyl (C=O) groups is 1. The maximum Gasteiger partial charge on any atom is 0.176 e. The third-order valence-electron chi connectivity index (χ3n) is 3.71. The van der Waals surface area contributed by atoms with E-state index in [1.807, 2.05) is 11.9 Å². The Bertz CT molecular complexity index is 493. The summed E-state index contributed by atoms with van der Waals surface area (Å²) in [4.78, 5) is 16.2. The number of carbonyl (C=O) groups excluding carboxylic acids is 1. The Morgan fingerprint density at radius 3 is 2.75 bits per heavy atom. The second-order valence-electron chi connectivity index (χ2n) is 5.67. The normalized spacial score (nSPS) is 19.8. The van der Waals surface area contributed by atoms with Crippen LogP contribution in [0.5, 0.6) is 0 Å². The van der Waals surface area contributed by atoms with Crippen LogP contribution in [0, 0.1) is 17.6 Å². The van der Waals surface area contributed by atoms with Crippen molar-refractivity contribution in [3.63, 3.8) is 0 Å². The molecule has 1 aliphatic rings. The molecule has 3 nitrogen and oxygen atoms in total. The van der Waals surface area contributed by atoms with Crippen LogP contribution in [0.2, 0.25) is 0 Å². The van der Waals surface area contributed by atoms with Crippen molar-refractivity contribution < 1.29 is 13.6 Å². The Labute approximate surface area is 118 Å². The van der Waals surface area contributed by atoms with Crippen molar-refractivity contribution in [2.75, 3.05) is 40.3 Å². The van der Waals surface area contributed by atoms with Crippen LogP contribution >= 0.6 is 0 Å². The van der Waals surface area contributed by atoms with Gasteiger partial charge < -0.3 is 4.90 Å². The molecular formula is C15H20F2N2O. The summed E-state index contributed by atoms with van der Waals surface area (Å²) in [6.45, 7) is 3.21. The van der Waals surface area contributed by atoms with Gasteiger partial charge in [-0.25, -0.2) is 8.78 Å². The van der Waals surface area contributed by atoms with Crippen molar-refractivity contribution in [2.45, 2.75) is 6.42 Å². The number of nitrogens with zero attached hydrogens (tertiary/aromatic N) is 2. The van der Waals surface area contributed by atoms with E-state index in [-0.39, 0.29) is 17.9 Å². The van der Waals surface area contributed by atoms with E-state index in [1.54, 1.807) is 0 Å². The molecule has 20 heavy (non-hydrogen) atoms. The average Bonchev–Trinajstić information content (AvgIpc) is 2.77. The van der Waals surface area contributed by atoms with Crippen LogP contribution in [-0.4, -0.2) is 55.9 Å². The highest BCUT2D eigenvalue weighted by Gasteiger charge is 2.21. The fourth-order valence-corrected chi connectivity index (χ4v) is 2.69. The molecule has 2 rings (SSSR count). The molecule has 110 valence electrons. The van der Waals surface area contributed by atoms with Gasteiger partial charge in [0.25, 0.3) is 0 Å². The number of benzene rings is 1. The number of hydrogen-bond donors (Lipinski definition) is 0. The molecule has 0 aromatic heterocycles. The predicted molar refractivity (Wildman–Crippen MR) is 73.8 cm³/mol. The van der Waals surface area contributed by atoms with Crippen molar-refractivity contribution in [3.05, 3.63) is 35.4 Å². The number of ketones is 1. The summed E-state index contributed by atoms with van der Waals surface area (Å²) < 4.78 is 25.9. The molecule has 1 saturated heterocycles. The van der Waals surface area contributed by atoms with Crippen LogP contribution in [0.1, 0.15) is 16.8 Å². The third-order valence-corrected chi connectivity index (χ3v) is 3.71. The zero-order valence-electron chi connectivity index (χ0n) is 11.9. The molecule has 1 aromatic rings. The molecule has 1 aliphatic heterocycles. The summed E-state index contributed by atoms with van der Waals surface area (Å²) in [5.74, 6) is -1.51. The van der Waals surface area contributed by atoms with Gasteiger partial charge in [0.2, 0.25) is 0 Å². The van der Waals surface area contributed by atoms with Gasteiger partial charge in [-0.1, -0.05) is 0 Å². The fourth-order valence-electron chi connectivity index (χ4n) is 2.69. The number of likely N-dealkylation sites (N-methyl/N-ethyl adjacent to an activating group) is 1. The summed E-state index contributed by atoms with van der Waals surface area (Å²) in [6.07, 6.45) is 1.14. The fraction of sp³-hybridized carbons (Fsp3) is 0.533. The van der Waals surface area contributed by atoms with Gasteiger partial charge in [-0.3, -0.25) is 9.69 Å². The number of hydrogen-bond acceptors (Lipinski definition) is 3. The quantitative estimate of drug-likeness (QED) is 0.772. The maximum atomic E-state index is 13.1. The molecule has 0 amide bonds. The van der Waals surface area contributed by atoms with Crippen LogP contribution in [0.25, 0.3) is 0 Å². The number of likely N-dealkylation sites (tertiary alicyclic amines) is 1. The summed E-state index contributed by atoms with van der Waals surface area (Å²) in [7, 11) is 3.97. The molecular weight excluding hydrogens is 262 g/mol. The zero-order valence-corrected chi connectivity index (χ0v) is 11.9. The number of rotatable bonds is 5. The van der Waals surface area contributed by atoms with E-state index in [0.717, 1.165) is 38.2 Å². The number of halogens is 2. The Balaban J connectivity index is 1.88. The van der Waals surface area contributed by atoms with Crippen LogP contribution in [0.4, 0.5) is 8.78 Å². The third kappa shape index (κ3) is 3.84. The van der Waals surface area contributed by atoms with Gasteiger partial charge in [0, 0.05) is 18.7 Å². The van der Waals surface area contributed by atoms with E-state index in [4.69, 9.17) is 0 Å². The van der Waals surface area contributed by atoms with E-state index < -0.39 is 11.6 Å². The van der Waals surface area contributed by atoms with Crippen molar-refractivity contribution in [1.29, 1.82) is 0 Å². The molecule has 0 spiro atoms. The maximum absolute atomic E-state index is 13.1. The molecule has 1 fully saturated rings. The highest BCUT2D eigenvalue weighted by Crippen LogP contribution is 2.15. The molecule has 0 aliphatic carbocycles. The first-order chi connectivity index (χ1) is 9.45. The largest absolute Gasteiger partial charge is 0.306 e. The summed E-state index contributed by atoms with van der Waals surface area (Å²) in [5.41, 5.74) is 0.222. The van der Waals surface area contributed by atoms with Crippen molar-refractivity contribution in [3.8, 4) is 0 Å². The molecule has 1 aromatic carbocycles. The lowest BCUT2D eigenvalue weighted by Gasteiger charge is -2.20. The van der Waals surface area contributed by atoms with Crippen molar-refractivity contribution in [1.82, 2.24) is 9.80 Å². The first-order valence-electron chi connectivity index (χ1n) is 6.81.